The fourth-order valence-corrected chi connectivity index (χ4v) is 2.79. The van der Waals surface area contributed by atoms with E-state index in [1.807, 2.05) is 0 Å². The SMILES string of the molecule is C=CCOC(=O)CC(C(=O)OCC=C)N1CCN=C(C(=O)OCC=C)C1C(=O)OCC=C. The molecule has 0 aromatic rings. The van der Waals surface area contributed by atoms with E-state index in [0.717, 1.165) is 0 Å². The highest BCUT2D eigenvalue weighted by atomic mass is 16.5. The van der Waals surface area contributed by atoms with Crippen molar-refractivity contribution in [3.63, 3.8) is 0 Å². The Hall–Kier alpha value is -3.53. The van der Waals surface area contributed by atoms with Gasteiger partial charge in [0.25, 0.3) is 0 Å². The molecule has 0 spiro atoms. The molecule has 0 radical (unpaired) electrons. The van der Waals surface area contributed by atoms with Gasteiger partial charge in [0.1, 0.15) is 38.2 Å². The predicted molar refractivity (Wildman–Crippen MR) is 116 cm³/mol. The first-order chi connectivity index (χ1) is 15.4. The van der Waals surface area contributed by atoms with E-state index >= 15 is 0 Å². The summed E-state index contributed by atoms with van der Waals surface area (Å²) in [5.41, 5.74) is -0.256. The molecule has 0 aromatic carbocycles. The smallest absolute Gasteiger partial charge is 0.354 e. The van der Waals surface area contributed by atoms with Crippen molar-refractivity contribution in [1.29, 1.82) is 0 Å². The van der Waals surface area contributed by atoms with Crippen LogP contribution in [0.1, 0.15) is 6.42 Å². The van der Waals surface area contributed by atoms with Crippen molar-refractivity contribution < 1.29 is 38.1 Å². The van der Waals surface area contributed by atoms with Crippen LogP contribution in [-0.4, -0.2) is 86.1 Å². The summed E-state index contributed by atoms with van der Waals surface area (Å²) in [7, 11) is 0. The Morgan fingerprint density at radius 2 is 1.47 bits per heavy atom. The van der Waals surface area contributed by atoms with Crippen LogP contribution < -0.4 is 0 Å². The second kappa shape index (κ2) is 14.5. The molecule has 10 nitrogen and oxygen atoms in total. The lowest BCUT2D eigenvalue weighted by molar-refractivity contribution is -0.160. The zero-order chi connectivity index (χ0) is 23.9. The van der Waals surface area contributed by atoms with E-state index in [-0.39, 0.29) is 45.2 Å². The third-order valence-corrected chi connectivity index (χ3v) is 4.08. The predicted octanol–water partition coefficient (Wildman–Crippen LogP) is 0.787. The number of carbonyl (C=O) groups excluding carboxylic acids is 4. The molecule has 0 fully saturated rings. The van der Waals surface area contributed by atoms with Crippen molar-refractivity contribution in [2.75, 3.05) is 39.5 Å². The molecule has 2 unspecified atom stereocenters. The van der Waals surface area contributed by atoms with E-state index in [2.05, 4.69) is 31.3 Å². The molecule has 1 rings (SSSR count). The molecule has 0 saturated carbocycles. The van der Waals surface area contributed by atoms with Crippen LogP contribution in [-0.2, 0) is 38.1 Å². The van der Waals surface area contributed by atoms with Crippen LogP contribution in [0.2, 0.25) is 0 Å². The Bertz CT molecular complexity index is 774. The highest BCUT2D eigenvalue weighted by Gasteiger charge is 2.45. The molecule has 1 heterocycles. The zero-order valence-corrected chi connectivity index (χ0v) is 17.9. The van der Waals surface area contributed by atoms with E-state index in [4.69, 9.17) is 18.9 Å². The van der Waals surface area contributed by atoms with Gasteiger partial charge in [0.15, 0.2) is 6.04 Å². The van der Waals surface area contributed by atoms with E-state index in [9.17, 15) is 19.2 Å². The van der Waals surface area contributed by atoms with E-state index in [1.165, 1.54) is 29.2 Å². The van der Waals surface area contributed by atoms with Crippen LogP contribution >= 0.6 is 0 Å². The molecule has 2 atom stereocenters. The molecule has 1 aliphatic heterocycles. The van der Waals surface area contributed by atoms with Crippen LogP contribution in [0.4, 0.5) is 0 Å². The lowest BCUT2D eigenvalue weighted by atomic mass is 10.0. The summed E-state index contributed by atoms with van der Waals surface area (Å²) in [6.07, 6.45) is 5.00. The molecular weight excluding hydrogens is 420 g/mol. The normalized spacial score (nSPS) is 16.5. The van der Waals surface area contributed by atoms with Crippen molar-refractivity contribution in [2.45, 2.75) is 18.5 Å². The summed E-state index contributed by atoms with van der Waals surface area (Å²) in [4.78, 5) is 55.8. The highest BCUT2D eigenvalue weighted by Crippen LogP contribution is 2.19. The third-order valence-electron chi connectivity index (χ3n) is 4.08. The fourth-order valence-electron chi connectivity index (χ4n) is 2.79. The first-order valence-electron chi connectivity index (χ1n) is 9.80. The number of ether oxygens (including phenoxy) is 4. The molecule has 0 aliphatic carbocycles. The maximum absolute atomic E-state index is 12.8. The summed E-state index contributed by atoms with van der Waals surface area (Å²) < 4.78 is 20.2. The molecule has 1 aliphatic rings. The maximum atomic E-state index is 12.8. The van der Waals surface area contributed by atoms with Crippen molar-refractivity contribution in [3.05, 3.63) is 50.6 Å². The molecule has 174 valence electrons. The van der Waals surface area contributed by atoms with Gasteiger partial charge < -0.3 is 18.9 Å². The number of carbonyl (C=O) groups is 4. The minimum absolute atomic E-state index is 0.0569. The minimum atomic E-state index is -1.41. The summed E-state index contributed by atoms with van der Waals surface area (Å²) in [5, 5.41) is 0. The molecule has 0 N–H and O–H groups in total. The first-order valence-corrected chi connectivity index (χ1v) is 9.80. The summed E-state index contributed by atoms with van der Waals surface area (Å²) >= 11 is 0. The van der Waals surface area contributed by atoms with Gasteiger partial charge in [0, 0.05) is 6.54 Å². The molecule has 10 heteroatoms. The van der Waals surface area contributed by atoms with Crippen LogP contribution in [0.25, 0.3) is 0 Å². The zero-order valence-electron chi connectivity index (χ0n) is 17.9. The molecule has 0 aromatic heterocycles. The molecule has 0 amide bonds. The van der Waals surface area contributed by atoms with Crippen molar-refractivity contribution in [1.82, 2.24) is 4.90 Å². The van der Waals surface area contributed by atoms with Gasteiger partial charge in [-0.05, 0) is 0 Å². The number of nitrogens with zero attached hydrogens (tertiary/aromatic N) is 2. The van der Waals surface area contributed by atoms with Gasteiger partial charge in [0.05, 0.1) is 13.0 Å². The number of hydrogen-bond donors (Lipinski definition) is 0. The van der Waals surface area contributed by atoms with E-state index < -0.39 is 42.4 Å². The van der Waals surface area contributed by atoms with Crippen LogP contribution in [0.15, 0.2) is 55.6 Å². The maximum Gasteiger partial charge on any atom is 0.354 e. The second-order valence-electron chi connectivity index (χ2n) is 6.32. The van der Waals surface area contributed by atoms with Crippen molar-refractivity contribution >= 4 is 29.6 Å². The Morgan fingerprint density at radius 3 is 2.09 bits per heavy atom. The summed E-state index contributed by atoms with van der Waals surface area (Å²) in [6, 6.07) is -2.67. The van der Waals surface area contributed by atoms with Crippen molar-refractivity contribution in [2.24, 2.45) is 4.99 Å². The molecule has 32 heavy (non-hydrogen) atoms. The quantitative estimate of drug-likeness (QED) is 0.216. The first kappa shape index (κ1) is 26.5. The Labute approximate surface area is 186 Å². The lowest BCUT2D eigenvalue weighted by Gasteiger charge is -2.37. The van der Waals surface area contributed by atoms with E-state index in [1.54, 1.807) is 0 Å². The topological polar surface area (TPSA) is 121 Å². The van der Waals surface area contributed by atoms with Crippen molar-refractivity contribution in [3.8, 4) is 0 Å². The third kappa shape index (κ3) is 7.95. The molecule has 0 saturated heterocycles. The van der Waals surface area contributed by atoms with Crippen LogP contribution in [0.5, 0.6) is 0 Å². The number of esters is 4. The van der Waals surface area contributed by atoms with Crippen LogP contribution in [0.3, 0.4) is 0 Å². The fraction of sp³-hybridized carbons (Fsp3) is 0.409. The van der Waals surface area contributed by atoms with E-state index in [0.29, 0.717) is 0 Å². The number of hydrogen-bond acceptors (Lipinski definition) is 10. The molecule has 0 bridgehead atoms. The van der Waals surface area contributed by atoms with Gasteiger partial charge >= 0.3 is 23.9 Å². The average Bonchev–Trinajstić information content (AvgIpc) is 2.80. The Morgan fingerprint density at radius 1 is 0.906 bits per heavy atom. The Kier molecular flexibility index (Phi) is 12.0. The molecular formula is C22H28N2O8. The minimum Gasteiger partial charge on any atom is -0.461 e. The average molecular weight is 448 g/mol. The van der Waals surface area contributed by atoms with Gasteiger partial charge in [-0.15, -0.1) is 0 Å². The van der Waals surface area contributed by atoms with Gasteiger partial charge in [-0.3, -0.25) is 19.5 Å². The second-order valence-corrected chi connectivity index (χ2v) is 6.32. The summed E-state index contributed by atoms with van der Waals surface area (Å²) in [5.74, 6) is -3.26. The van der Waals surface area contributed by atoms with Gasteiger partial charge in [-0.2, -0.15) is 0 Å². The van der Waals surface area contributed by atoms with Gasteiger partial charge in [-0.1, -0.05) is 50.6 Å². The summed E-state index contributed by atoms with van der Waals surface area (Å²) in [6.45, 7) is 13.6. The van der Waals surface area contributed by atoms with Crippen LogP contribution in [0, 0.1) is 0 Å². The Balaban J connectivity index is 3.31. The monoisotopic (exact) mass is 448 g/mol. The standard InChI is InChI=1S/C22H28N2O8/c1-5-11-29-17(25)15-16(20(26)30-12-6-2)24-10-9-23-18(21(27)31-13-7-3)19(24)22(28)32-14-8-4/h5-8,16,19H,1-4,9-15H2. The largest absolute Gasteiger partial charge is 0.461 e. The van der Waals surface area contributed by atoms with Gasteiger partial charge in [0.2, 0.25) is 0 Å². The highest BCUT2D eigenvalue weighted by molar-refractivity contribution is 6.42. The lowest BCUT2D eigenvalue weighted by Crippen LogP contribution is -2.60. The number of rotatable bonds is 14. The van der Waals surface area contributed by atoms with Gasteiger partial charge in [-0.25, -0.2) is 9.59 Å². The number of aliphatic imine (C=N–C) groups is 1.